The Hall–Kier alpha value is -1.01. The second-order valence-electron chi connectivity index (χ2n) is 4.02. The van der Waals surface area contributed by atoms with Gasteiger partial charge in [-0.15, -0.1) is 12.3 Å². The van der Waals surface area contributed by atoms with Gasteiger partial charge in [0.1, 0.15) is 0 Å². The van der Waals surface area contributed by atoms with E-state index in [1.165, 1.54) is 0 Å². The predicted molar refractivity (Wildman–Crippen MR) is 61.3 cm³/mol. The Labute approximate surface area is 92.2 Å². The number of likely N-dealkylation sites (tertiary alicyclic amines) is 1. The fourth-order valence-electron chi connectivity index (χ4n) is 1.81. The molecule has 1 heterocycles. The third-order valence-electron chi connectivity index (χ3n) is 2.74. The Morgan fingerprint density at radius 3 is 2.80 bits per heavy atom. The summed E-state index contributed by atoms with van der Waals surface area (Å²) in [6, 6.07) is -0.0686. The summed E-state index contributed by atoms with van der Waals surface area (Å²) >= 11 is 0. The van der Waals surface area contributed by atoms with Crippen LogP contribution in [0.2, 0.25) is 0 Å². The van der Waals surface area contributed by atoms with Crippen LogP contribution in [0.15, 0.2) is 0 Å². The topological polar surface area (TPSA) is 32.3 Å². The molecular weight excluding hydrogens is 188 g/mol. The van der Waals surface area contributed by atoms with Gasteiger partial charge in [0.2, 0.25) is 5.91 Å². The molecule has 0 radical (unpaired) electrons. The average Bonchev–Trinajstić information content (AvgIpc) is 2.76. The maximum atomic E-state index is 11.8. The summed E-state index contributed by atoms with van der Waals surface area (Å²) < 4.78 is 0. The Kier molecular flexibility index (Phi) is 5.20. The number of carbonyl (C=O) groups excluding carboxylic acids is 1. The van der Waals surface area contributed by atoms with Crippen LogP contribution in [0.4, 0.5) is 0 Å². The summed E-state index contributed by atoms with van der Waals surface area (Å²) in [7, 11) is 0. The van der Waals surface area contributed by atoms with Crippen LogP contribution in [-0.4, -0.2) is 36.5 Å². The van der Waals surface area contributed by atoms with Crippen molar-refractivity contribution in [2.45, 2.75) is 38.6 Å². The van der Waals surface area contributed by atoms with Crippen molar-refractivity contribution in [1.82, 2.24) is 10.2 Å². The van der Waals surface area contributed by atoms with Gasteiger partial charge in [-0.2, -0.15) is 0 Å². The van der Waals surface area contributed by atoms with Crippen molar-refractivity contribution < 1.29 is 4.79 Å². The van der Waals surface area contributed by atoms with Gasteiger partial charge >= 0.3 is 0 Å². The number of nitrogens with one attached hydrogen (secondary N) is 1. The molecule has 84 valence electrons. The molecule has 1 saturated heterocycles. The van der Waals surface area contributed by atoms with E-state index in [-0.39, 0.29) is 11.9 Å². The van der Waals surface area contributed by atoms with Crippen LogP contribution in [0, 0.1) is 12.3 Å². The Morgan fingerprint density at radius 1 is 1.53 bits per heavy atom. The van der Waals surface area contributed by atoms with E-state index in [0.29, 0.717) is 0 Å². The third-order valence-corrected chi connectivity index (χ3v) is 2.74. The van der Waals surface area contributed by atoms with Crippen molar-refractivity contribution >= 4 is 5.91 Å². The first-order chi connectivity index (χ1) is 7.25. The SMILES string of the molecule is C#CCCCNC(C)C(=O)N1CCCC1. The highest BCUT2D eigenvalue weighted by Crippen LogP contribution is 2.08. The summed E-state index contributed by atoms with van der Waals surface area (Å²) in [6.07, 6.45) is 9.16. The van der Waals surface area contributed by atoms with E-state index in [1.807, 2.05) is 11.8 Å². The normalized spacial score (nSPS) is 17.5. The molecule has 1 rings (SSSR count). The highest BCUT2D eigenvalue weighted by atomic mass is 16.2. The Morgan fingerprint density at radius 2 is 2.20 bits per heavy atom. The largest absolute Gasteiger partial charge is 0.341 e. The van der Waals surface area contributed by atoms with Gasteiger partial charge in [-0.1, -0.05) is 0 Å². The summed E-state index contributed by atoms with van der Waals surface area (Å²) in [4.78, 5) is 13.8. The lowest BCUT2D eigenvalue weighted by molar-refractivity contribution is -0.131. The van der Waals surface area contributed by atoms with Crippen LogP contribution in [0.1, 0.15) is 32.6 Å². The molecule has 1 unspecified atom stereocenters. The van der Waals surface area contributed by atoms with Gasteiger partial charge in [-0.05, 0) is 32.7 Å². The lowest BCUT2D eigenvalue weighted by Crippen LogP contribution is -2.43. The number of unbranched alkanes of at least 4 members (excludes halogenated alkanes) is 1. The fourth-order valence-corrected chi connectivity index (χ4v) is 1.81. The van der Waals surface area contributed by atoms with Gasteiger partial charge in [-0.3, -0.25) is 4.79 Å². The van der Waals surface area contributed by atoms with E-state index in [9.17, 15) is 4.79 Å². The summed E-state index contributed by atoms with van der Waals surface area (Å²) in [6.45, 7) is 4.60. The maximum absolute atomic E-state index is 11.8. The van der Waals surface area contributed by atoms with Gasteiger partial charge in [0.25, 0.3) is 0 Å². The molecule has 0 aliphatic carbocycles. The number of carbonyl (C=O) groups is 1. The van der Waals surface area contributed by atoms with Gasteiger partial charge < -0.3 is 10.2 Å². The Balaban J connectivity index is 2.18. The van der Waals surface area contributed by atoms with Crippen molar-refractivity contribution in [1.29, 1.82) is 0 Å². The maximum Gasteiger partial charge on any atom is 0.239 e. The number of hydrogen-bond acceptors (Lipinski definition) is 2. The molecule has 3 heteroatoms. The van der Waals surface area contributed by atoms with Gasteiger partial charge in [0, 0.05) is 19.5 Å². The number of amides is 1. The minimum Gasteiger partial charge on any atom is -0.341 e. The molecule has 1 amide bonds. The van der Waals surface area contributed by atoms with Crippen molar-refractivity contribution in [3.8, 4) is 12.3 Å². The van der Waals surface area contributed by atoms with E-state index in [1.54, 1.807) is 0 Å². The molecule has 1 fully saturated rings. The fraction of sp³-hybridized carbons (Fsp3) is 0.750. The molecule has 0 aromatic carbocycles. The summed E-state index contributed by atoms with van der Waals surface area (Å²) in [5, 5.41) is 3.21. The lowest BCUT2D eigenvalue weighted by Gasteiger charge is -2.20. The molecule has 0 spiro atoms. The first-order valence-electron chi connectivity index (χ1n) is 5.71. The van der Waals surface area contributed by atoms with E-state index in [4.69, 9.17) is 6.42 Å². The second-order valence-corrected chi connectivity index (χ2v) is 4.02. The van der Waals surface area contributed by atoms with Gasteiger partial charge in [0.05, 0.1) is 6.04 Å². The van der Waals surface area contributed by atoms with Crippen LogP contribution in [-0.2, 0) is 4.79 Å². The molecule has 0 aromatic rings. The zero-order chi connectivity index (χ0) is 11.1. The quantitative estimate of drug-likeness (QED) is 0.540. The summed E-state index contributed by atoms with van der Waals surface area (Å²) in [5.74, 6) is 2.82. The zero-order valence-electron chi connectivity index (χ0n) is 9.46. The summed E-state index contributed by atoms with van der Waals surface area (Å²) in [5.41, 5.74) is 0. The van der Waals surface area contributed by atoms with E-state index < -0.39 is 0 Å². The number of rotatable bonds is 5. The minimum atomic E-state index is -0.0686. The van der Waals surface area contributed by atoms with Gasteiger partial charge in [-0.25, -0.2) is 0 Å². The van der Waals surface area contributed by atoms with Gasteiger partial charge in [0.15, 0.2) is 0 Å². The molecule has 1 aliphatic heterocycles. The molecule has 1 N–H and O–H groups in total. The predicted octanol–water partition coefficient (Wildman–Crippen LogP) is 1.00. The first-order valence-corrected chi connectivity index (χ1v) is 5.71. The van der Waals surface area contributed by atoms with Crippen LogP contribution < -0.4 is 5.32 Å². The standard InChI is InChI=1S/C12H20N2O/c1-3-4-5-8-13-11(2)12(15)14-9-6-7-10-14/h1,11,13H,4-10H2,2H3. The van der Waals surface area contributed by atoms with Crippen molar-refractivity contribution in [3.05, 3.63) is 0 Å². The van der Waals surface area contributed by atoms with Crippen LogP contribution in [0.5, 0.6) is 0 Å². The molecule has 1 atom stereocenters. The second kappa shape index (κ2) is 6.47. The van der Waals surface area contributed by atoms with Crippen molar-refractivity contribution in [2.24, 2.45) is 0 Å². The highest BCUT2D eigenvalue weighted by Gasteiger charge is 2.22. The lowest BCUT2D eigenvalue weighted by atomic mass is 10.2. The first kappa shape index (κ1) is 12.1. The average molecular weight is 208 g/mol. The third kappa shape index (κ3) is 3.93. The smallest absolute Gasteiger partial charge is 0.239 e. The van der Waals surface area contributed by atoms with Crippen molar-refractivity contribution in [3.63, 3.8) is 0 Å². The molecule has 0 saturated carbocycles. The van der Waals surface area contributed by atoms with Crippen LogP contribution in [0.25, 0.3) is 0 Å². The molecule has 0 bridgehead atoms. The van der Waals surface area contributed by atoms with Crippen LogP contribution >= 0.6 is 0 Å². The van der Waals surface area contributed by atoms with E-state index in [0.717, 1.165) is 45.3 Å². The number of terminal acetylenes is 1. The molecule has 0 aromatic heterocycles. The van der Waals surface area contributed by atoms with E-state index >= 15 is 0 Å². The van der Waals surface area contributed by atoms with Crippen molar-refractivity contribution in [2.75, 3.05) is 19.6 Å². The molecule has 1 aliphatic rings. The van der Waals surface area contributed by atoms with E-state index in [2.05, 4.69) is 11.2 Å². The highest BCUT2D eigenvalue weighted by molar-refractivity contribution is 5.81. The molecule has 15 heavy (non-hydrogen) atoms. The molecule has 3 nitrogen and oxygen atoms in total. The zero-order valence-corrected chi connectivity index (χ0v) is 9.46. The van der Waals surface area contributed by atoms with Crippen LogP contribution in [0.3, 0.4) is 0 Å². The minimum absolute atomic E-state index is 0.0686. The molecular formula is C12H20N2O. The monoisotopic (exact) mass is 208 g/mol. The number of nitrogens with zero attached hydrogens (tertiary/aromatic N) is 1. The number of hydrogen-bond donors (Lipinski definition) is 1. The Bertz CT molecular complexity index is 238.